The maximum absolute atomic E-state index is 12.6. The van der Waals surface area contributed by atoms with Crippen molar-refractivity contribution >= 4 is 23.5 Å². The van der Waals surface area contributed by atoms with Gasteiger partial charge in [0.05, 0.1) is 17.9 Å². The lowest BCUT2D eigenvalue weighted by molar-refractivity contribution is -0.143. The summed E-state index contributed by atoms with van der Waals surface area (Å²) in [6.07, 6.45) is 3.45. The molecule has 1 aliphatic heterocycles. The fourth-order valence-electron chi connectivity index (χ4n) is 3.21. The van der Waals surface area contributed by atoms with Gasteiger partial charge in [0.2, 0.25) is 5.91 Å². The van der Waals surface area contributed by atoms with Crippen molar-refractivity contribution in [2.24, 2.45) is 11.8 Å². The Morgan fingerprint density at radius 1 is 1.24 bits per heavy atom. The van der Waals surface area contributed by atoms with Crippen molar-refractivity contribution in [1.29, 1.82) is 0 Å². The first-order valence-corrected chi connectivity index (χ1v) is 7.74. The van der Waals surface area contributed by atoms with Gasteiger partial charge in [0.1, 0.15) is 0 Å². The minimum atomic E-state index is -0.857. The van der Waals surface area contributed by atoms with Crippen LogP contribution in [0.2, 0.25) is 5.02 Å². The number of nitrogens with zero attached hydrogens (tertiary/aromatic N) is 1. The molecule has 1 saturated heterocycles. The molecule has 2 aliphatic rings. The number of carboxylic acid groups (broad SMARTS) is 1. The third kappa shape index (κ3) is 2.91. The lowest BCUT2D eigenvalue weighted by atomic mass is 9.94. The number of carboxylic acids is 1. The summed E-state index contributed by atoms with van der Waals surface area (Å²) < 4.78 is 0. The smallest absolute Gasteiger partial charge is 0.307 e. The molecule has 4 nitrogen and oxygen atoms in total. The number of carbonyl (C=O) groups is 2. The van der Waals surface area contributed by atoms with E-state index in [0.29, 0.717) is 18.0 Å². The van der Waals surface area contributed by atoms with Crippen molar-refractivity contribution in [3.05, 3.63) is 34.9 Å². The van der Waals surface area contributed by atoms with Crippen molar-refractivity contribution in [1.82, 2.24) is 4.90 Å². The standard InChI is InChI=1S/C16H18ClNO3/c17-11-5-3-4-10(8-11)14-6-1-2-7-18(14)15(19)12-9-13(12)16(20)21/h3-5,8,12-14H,1-2,6-7,9H2,(H,20,21). The first kappa shape index (κ1) is 14.4. The third-order valence-electron chi connectivity index (χ3n) is 4.44. The second-order valence-corrected chi connectivity index (χ2v) is 6.32. The van der Waals surface area contributed by atoms with Crippen molar-refractivity contribution < 1.29 is 14.7 Å². The zero-order valence-electron chi connectivity index (χ0n) is 11.7. The van der Waals surface area contributed by atoms with Crippen LogP contribution in [0.25, 0.3) is 0 Å². The molecule has 2 fully saturated rings. The number of rotatable bonds is 3. The van der Waals surface area contributed by atoms with Crippen molar-refractivity contribution in [2.75, 3.05) is 6.54 Å². The van der Waals surface area contributed by atoms with Gasteiger partial charge in [-0.15, -0.1) is 0 Å². The Hall–Kier alpha value is -1.55. The van der Waals surface area contributed by atoms with E-state index < -0.39 is 11.9 Å². The van der Waals surface area contributed by atoms with E-state index in [9.17, 15) is 9.59 Å². The predicted molar refractivity (Wildman–Crippen MR) is 79.0 cm³/mol. The molecule has 21 heavy (non-hydrogen) atoms. The molecular weight excluding hydrogens is 290 g/mol. The Morgan fingerprint density at radius 2 is 2.05 bits per heavy atom. The summed E-state index contributed by atoms with van der Waals surface area (Å²) in [5.74, 6) is -1.68. The van der Waals surface area contributed by atoms with Gasteiger partial charge < -0.3 is 10.0 Å². The SMILES string of the molecule is O=C(O)C1CC1C(=O)N1CCCCC1c1cccc(Cl)c1. The first-order valence-electron chi connectivity index (χ1n) is 7.36. The Morgan fingerprint density at radius 3 is 2.71 bits per heavy atom. The van der Waals surface area contributed by atoms with Gasteiger partial charge in [-0.3, -0.25) is 9.59 Å². The zero-order valence-corrected chi connectivity index (χ0v) is 12.4. The number of likely N-dealkylation sites (tertiary alicyclic amines) is 1. The van der Waals surface area contributed by atoms with E-state index in [4.69, 9.17) is 16.7 Å². The fourth-order valence-corrected chi connectivity index (χ4v) is 3.41. The van der Waals surface area contributed by atoms with Gasteiger partial charge in [-0.25, -0.2) is 0 Å². The molecule has 1 aromatic carbocycles. The van der Waals surface area contributed by atoms with Gasteiger partial charge in [0.15, 0.2) is 0 Å². The largest absolute Gasteiger partial charge is 0.481 e. The molecule has 0 spiro atoms. The fraction of sp³-hybridized carbons (Fsp3) is 0.500. The molecule has 1 aromatic rings. The van der Waals surface area contributed by atoms with E-state index in [2.05, 4.69) is 0 Å². The number of hydrogen-bond donors (Lipinski definition) is 1. The molecule has 1 N–H and O–H groups in total. The number of hydrogen-bond acceptors (Lipinski definition) is 2. The molecule has 1 heterocycles. The van der Waals surface area contributed by atoms with Crippen molar-refractivity contribution in [2.45, 2.75) is 31.7 Å². The molecule has 0 bridgehead atoms. The highest BCUT2D eigenvalue weighted by Gasteiger charge is 2.50. The van der Waals surface area contributed by atoms with Crippen LogP contribution in [-0.2, 0) is 9.59 Å². The molecule has 112 valence electrons. The predicted octanol–water partition coefficient (Wildman–Crippen LogP) is 3.11. The molecule has 1 aliphatic carbocycles. The molecule has 0 radical (unpaired) electrons. The molecule has 0 aromatic heterocycles. The number of amides is 1. The summed E-state index contributed by atoms with van der Waals surface area (Å²) in [6.45, 7) is 0.707. The van der Waals surface area contributed by atoms with Crippen LogP contribution in [-0.4, -0.2) is 28.4 Å². The van der Waals surface area contributed by atoms with Crippen LogP contribution in [0.4, 0.5) is 0 Å². The summed E-state index contributed by atoms with van der Waals surface area (Å²) >= 11 is 6.05. The second-order valence-electron chi connectivity index (χ2n) is 5.89. The molecule has 1 amide bonds. The highest BCUT2D eigenvalue weighted by molar-refractivity contribution is 6.30. The lowest BCUT2D eigenvalue weighted by Crippen LogP contribution is -2.40. The van der Waals surface area contributed by atoms with Gasteiger partial charge in [-0.05, 0) is 43.4 Å². The van der Waals surface area contributed by atoms with Crippen LogP contribution in [0.3, 0.4) is 0 Å². The van der Waals surface area contributed by atoms with Gasteiger partial charge in [-0.2, -0.15) is 0 Å². The van der Waals surface area contributed by atoms with E-state index in [-0.39, 0.29) is 17.9 Å². The van der Waals surface area contributed by atoms with Gasteiger partial charge in [0, 0.05) is 11.6 Å². The van der Waals surface area contributed by atoms with E-state index >= 15 is 0 Å². The van der Waals surface area contributed by atoms with Gasteiger partial charge >= 0.3 is 5.97 Å². The number of aliphatic carboxylic acids is 1. The summed E-state index contributed by atoms with van der Waals surface area (Å²) in [5, 5.41) is 9.67. The Labute approximate surface area is 128 Å². The normalized spacial score (nSPS) is 28.2. The van der Waals surface area contributed by atoms with Crippen LogP contribution in [0.15, 0.2) is 24.3 Å². The first-order chi connectivity index (χ1) is 10.1. The van der Waals surface area contributed by atoms with Crippen LogP contribution in [0, 0.1) is 11.8 Å². The summed E-state index contributed by atoms with van der Waals surface area (Å²) in [7, 11) is 0. The topological polar surface area (TPSA) is 57.6 Å². The van der Waals surface area contributed by atoms with Gasteiger partial charge in [0.25, 0.3) is 0 Å². The van der Waals surface area contributed by atoms with Crippen LogP contribution >= 0.6 is 11.6 Å². The van der Waals surface area contributed by atoms with E-state index in [1.807, 2.05) is 29.2 Å². The zero-order chi connectivity index (χ0) is 15.0. The number of halogens is 1. The summed E-state index contributed by atoms with van der Waals surface area (Å²) in [6, 6.07) is 7.64. The van der Waals surface area contributed by atoms with E-state index in [1.54, 1.807) is 0 Å². The molecule has 5 heteroatoms. The molecule has 3 unspecified atom stereocenters. The number of carbonyl (C=O) groups excluding carboxylic acids is 1. The Bertz CT molecular complexity index is 574. The third-order valence-corrected chi connectivity index (χ3v) is 4.68. The van der Waals surface area contributed by atoms with Crippen LogP contribution in [0.5, 0.6) is 0 Å². The average molecular weight is 308 g/mol. The van der Waals surface area contributed by atoms with Gasteiger partial charge in [-0.1, -0.05) is 23.7 Å². The number of piperidine rings is 1. The maximum Gasteiger partial charge on any atom is 0.307 e. The molecule has 1 saturated carbocycles. The Kier molecular flexibility index (Phi) is 3.89. The minimum absolute atomic E-state index is 0.00734. The maximum atomic E-state index is 12.6. The second kappa shape index (κ2) is 5.68. The monoisotopic (exact) mass is 307 g/mol. The van der Waals surface area contributed by atoms with Crippen LogP contribution < -0.4 is 0 Å². The van der Waals surface area contributed by atoms with Crippen molar-refractivity contribution in [3.63, 3.8) is 0 Å². The van der Waals surface area contributed by atoms with Crippen LogP contribution in [0.1, 0.15) is 37.3 Å². The lowest BCUT2D eigenvalue weighted by Gasteiger charge is -2.36. The average Bonchev–Trinajstić information content (AvgIpc) is 3.27. The summed E-state index contributed by atoms with van der Waals surface area (Å²) in [4.78, 5) is 25.4. The molecular formula is C16H18ClNO3. The quantitative estimate of drug-likeness (QED) is 0.933. The highest BCUT2D eigenvalue weighted by Crippen LogP contribution is 2.43. The summed E-state index contributed by atoms with van der Waals surface area (Å²) in [5.41, 5.74) is 1.04. The molecule has 3 rings (SSSR count). The van der Waals surface area contributed by atoms with Crippen molar-refractivity contribution in [3.8, 4) is 0 Å². The molecule has 3 atom stereocenters. The Balaban J connectivity index is 1.79. The minimum Gasteiger partial charge on any atom is -0.481 e. The van der Waals surface area contributed by atoms with E-state index in [0.717, 1.165) is 24.8 Å². The van der Waals surface area contributed by atoms with E-state index in [1.165, 1.54) is 0 Å². The number of benzene rings is 1. The highest BCUT2D eigenvalue weighted by atomic mass is 35.5.